The van der Waals surface area contributed by atoms with Crippen molar-refractivity contribution in [1.82, 2.24) is 4.90 Å². The van der Waals surface area contributed by atoms with E-state index in [2.05, 4.69) is 0 Å². The van der Waals surface area contributed by atoms with Crippen molar-refractivity contribution in [2.45, 2.75) is 6.10 Å². The van der Waals surface area contributed by atoms with Crippen LogP contribution in [0.5, 0.6) is 5.75 Å². The number of hydrogen-bond donors (Lipinski definition) is 2. The Kier molecular flexibility index (Phi) is 5.34. The number of likely N-dealkylation sites (N-methyl/N-ethyl adjacent to an activating group) is 1. The van der Waals surface area contributed by atoms with Crippen molar-refractivity contribution in [3.05, 3.63) is 29.8 Å². The van der Waals surface area contributed by atoms with Crippen molar-refractivity contribution in [2.24, 2.45) is 5.73 Å². The first-order valence-electron chi connectivity index (χ1n) is 5.34. The van der Waals surface area contributed by atoms with E-state index in [0.717, 1.165) is 5.56 Å². The number of rotatable bonds is 6. The Morgan fingerprint density at radius 3 is 2.47 bits per heavy atom. The van der Waals surface area contributed by atoms with Crippen LogP contribution in [0.1, 0.15) is 5.56 Å². The lowest BCUT2D eigenvalue weighted by Gasteiger charge is -2.16. The predicted molar refractivity (Wildman–Crippen MR) is 72.4 cm³/mol. The molecule has 0 radical (unpaired) electrons. The van der Waals surface area contributed by atoms with Crippen molar-refractivity contribution >= 4 is 17.2 Å². The van der Waals surface area contributed by atoms with E-state index >= 15 is 0 Å². The summed E-state index contributed by atoms with van der Waals surface area (Å²) in [5, 5.41) is 9.62. The van der Waals surface area contributed by atoms with Crippen LogP contribution in [-0.2, 0) is 0 Å². The topological polar surface area (TPSA) is 58.7 Å². The molecule has 3 N–H and O–H groups in total. The van der Waals surface area contributed by atoms with Gasteiger partial charge in [0.2, 0.25) is 0 Å². The molecule has 4 nitrogen and oxygen atoms in total. The molecular formula is C12H18N2O2S. The summed E-state index contributed by atoms with van der Waals surface area (Å²) >= 11 is 4.85. The summed E-state index contributed by atoms with van der Waals surface area (Å²) in [5.74, 6) is 0.697. The summed E-state index contributed by atoms with van der Waals surface area (Å²) in [6.07, 6.45) is -0.500. The second-order valence-electron chi connectivity index (χ2n) is 4.12. The predicted octanol–water partition coefficient (Wildman–Crippen LogP) is 0.622. The first-order valence-corrected chi connectivity index (χ1v) is 5.75. The van der Waals surface area contributed by atoms with E-state index in [1.165, 1.54) is 0 Å². The van der Waals surface area contributed by atoms with E-state index in [9.17, 15) is 5.11 Å². The van der Waals surface area contributed by atoms with Crippen LogP contribution < -0.4 is 10.5 Å². The molecule has 0 aromatic heterocycles. The fraction of sp³-hybridized carbons (Fsp3) is 0.417. The Labute approximate surface area is 107 Å². The summed E-state index contributed by atoms with van der Waals surface area (Å²) in [4.78, 5) is 2.27. The molecule has 17 heavy (non-hydrogen) atoms. The highest BCUT2D eigenvalue weighted by Gasteiger charge is 2.06. The van der Waals surface area contributed by atoms with E-state index in [0.29, 0.717) is 17.3 Å². The van der Waals surface area contributed by atoms with Crippen molar-refractivity contribution < 1.29 is 9.84 Å². The molecule has 0 aliphatic heterocycles. The van der Waals surface area contributed by atoms with Gasteiger partial charge in [0.15, 0.2) is 0 Å². The SMILES string of the molecule is CN(C)CC(O)COc1ccc(C(N)=S)cc1. The molecular weight excluding hydrogens is 236 g/mol. The van der Waals surface area contributed by atoms with Crippen LogP contribution in [0, 0.1) is 0 Å². The zero-order valence-electron chi connectivity index (χ0n) is 10.1. The molecule has 0 aliphatic carbocycles. The minimum absolute atomic E-state index is 0.268. The lowest BCUT2D eigenvalue weighted by Crippen LogP contribution is -2.30. The summed E-state index contributed by atoms with van der Waals surface area (Å²) < 4.78 is 5.44. The summed E-state index contributed by atoms with van der Waals surface area (Å²) in [6.45, 7) is 0.843. The number of hydrogen-bond acceptors (Lipinski definition) is 4. The first-order chi connectivity index (χ1) is 7.99. The van der Waals surface area contributed by atoms with Gasteiger partial charge < -0.3 is 20.5 Å². The van der Waals surface area contributed by atoms with Crippen LogP contribution in [0.3, 0.4) is 0 Å². The highest BCUT2D eigenvalue weighted by Crippen LogP contribution is 2.12. The van der Waals surface area contributed by atoms with Gasteiger partial charge in [0.05, 0.1) is 0 Å². The molecule has 1 aromatic carbocycles. The Balaban J connectivity index is 2.44. The highest BCUT2D eigenvalue weighted by molar-refractivity contribution is 7.80. The third kappa shape index (κ3) is 5.12. The molecule has 1 unspecified atom stereocenters. The molecule has 0 bridgehead atoms. The maximum atomic E-state index is 9.62. The fourth-order valence-electron chi connectivity index (χ4n) is 1.38. The molecule has 5 heteroatoms. The molecule has 0 amide bonds. The molecule has 0 saturated carbocycles. The Morgan fingerprint density at radius 2 is 2.00 bits per heavy atom. The van der Waals surface area contributed by atoms with Gasteiger partial charge in [-0.3, -0.25) is 0 Å². The third-order valence-electron chi connectivity index (χ3n) is 2.16. The van der Waals surface area contributed by atoms with Crippen LogP contribution in [0.4, 0.5) is 0 Å². The minimum Gasteiger partial charge on any atom is -0.491 e. The van der Waals surface area contributed by atoms with Gasteiger partial charge in [0.1, 0.15) is 23.4 Å². The van der Waals surface area contributed by atoms with Crippen molar-refractivity contribution in [3.63, 3.8) is 0 Å². The molecule has 0 spiro atoms. The normalized spacial score (nSPS) is 12.5. The molecule has 0 fully saturated rings. The highest BCUT2D eigenvalue weighted by atomic mass is 32.1. The molecule has 0 saturated heterocycles. The lowest BCUT2D eigenvalue weighted by atomic mass is 10.2. The second kappa shape index (κ2) is 6.54. The number of thiocarbonyl (C=S) groups is 1. The number of ether oxygens (including phenoxy) is 1. The molecule has 0 aliphatic rings. The van der Waals surface area contributed by atoms with Gasteiger partial charge in [0.25, 0.3) is 0 Å². The zero-order valence-corrected chi connectivity index (χ0v) is 10.9. The summed E-state index contributed by atoms with van der Waals surface area (Å²) in [5.41, 5.74) is 6.29. The average molecular weight is 254 g/mol. The van der Waals surface area contributed by atoms with Crippen LogP contribution in [0.15, 0.2) is 24.3 Å². The van der Waals surface area contributed by atoms with Crippen LogP contribution in [0.25, 0.3) is 0 Å². The van der Waals surface area contributed by atoms with E-state index < -0.39 is 6.10 Å². The number of benzene rings is 1. The van der Waals surface area contributed by atoms with E-state index in [1.54, 1.807) is 24.3 Å². The summed E-state index contributed by atoms with van der Waals surface area (Å²) in [6, 6.07) is 7.18. The van der Waals surface area contributed by atoms with Crippen molar-refractivity contribution in [1.29, 1.82) is 0 Å². The standard InChI is InChI=1S/C12H18N2O2S/c1-14(2)7-10(15)8-16-11-5-3-9(4-6-11)12(13)17/h3-6,10,15H,7-8H2,1-2H3,(H2,13,17). The van der Waals surface area contributed by atoms with Crippen molar-refractivity contribution in [3.8, 4) is 5.75 Å². The van der Waals surface area contributed by atoms with E-state index in [-0.39, 0.29) is 6.61 Å². The average Bonchev–Trinajstić information content (AvgIpc) is 2.26. The number of nitrogens with two attached hydrogens (primary N) is 1. The van der Waals surface area contributed by atoms with Gasteiger partial charge in [-0.2, -0.15) is 0 Å². The number of nitrogens with zero attached hydrogens (tertiary/aromatic N) is 1. The van der Waals surface area contributed by atoms with Gasteiger partial charge >= 0.3 is 0 Å². The lowest BCUT2D eigenvalue weighted by molar-refractivity contribution is 0.0831. The van der Waals surface area contributed by atoms with E-state index in [1.807, 2.05) is 19.0 Å². The molecule has 1 rings (SSSR count). The van der Waals surface area contributed by atoms with Crippen LogP contribution in [-0.4, -0.2) is 48.3 Å². The fourth-order valence-corrected chi connectivity index (χ4v) is 1.52. The van der Waals surface area contributed by atoms with E-state index in [4.69, 9.17) is 22.7 Å². The third-order valence-corrected chi connectivity index (χ3v) is 2.39. The van der Waals surface area contributed by atoms with Gasteiger partial charge in [-0.1, -0.05) is 12.2 Å². The first kappa shape index (κ1) is 13.9. The maximum Gasteiger partial charge on any atom is 0.119 e. The minimum atomic E-state index is -0.500. The number of aliphatic hydroxyl groups is 1. The van der Waals surface area contributed by atoms with Crippen LogP contribution >= 0.6 is 12.2 Å². The molecule has 1 atom stereocenters. The van der Waals surface area contributed by atoms with Gasteiger partial charge in [-0.15, -0.1) is 0 Å². The Morgan fingerprint density at radius 1 is 1.41 bits per heavy atom. The van der Waals surface area contributed by atoms with Gasteiger partial charge in [0, 0.05) is 12.1 Å². The molecule has 94 valence electrons. The quantitative estimate of drug-likeness (QED) is 0.729. The van der Waals surface area contributed by atoms with Gasteiger partial charge in [-0.25, -0.2) is 0 Å². The maximum absolute atomic E-state index is 9.62. The Hall–Kier alpha value is -1.17. The molecule has 0 heterocycles. The largest absolute Gasteiger partial charge is 0.491 e. The number of aliphatic hydroxyl groups excluding tert-OH is 1. The summed E-state index contributed by atoms with van der Waals surface area (Å²) in [7, 11) is 3.81. The molecule has 1 aromatic rings. The van der Waals surface area contributed by atoms with Gasteiger partial charge in [-0.05, 0) is 38.4 Å². The monoisotopic (exact) mass is 254 g/mol. The zero-order chi connectivity index (χ0) is 12.8. The Bertz CT molecular complexity index is 365. The second-order valence-corrected chi connectivity index (χ2v) is 4.56. The van der Waals surface area contributed by atoms with Crippen molar-refractivity contribution in [2.75, 3.05) is 27.2 Å². The smallest absolute Gasteiger partial charge is 0.119 e. The van der Waals surface area contributed by atoms with Crippen LogP contribution in [0.2, 0.25) is 0 Å².